The SMILES string of the molecule is CCOc1cc(C=C(C#N)C(=O)Nc2ccc([N+](=O)[O-])cc2Cl)cc(Br)c1OC(C)=O. The van der Waals surface area contributed by atoms with Crippen LogP contribution in [0, 0.1) is 21.4 Å². The zero-order chi connectivity index (χ0) is 23.1. The van der Waals surface area contributed by atoms with Gasteiger partial charge in [-0.25, -0.2) is 0 Å². The molecule has 31 heavy (non-hydrogen) atoms. The van der Waals surface area contributed by atoms with Gasteiger partial charge in [-0.2, -0.15) is 5.26 Å². The van der Waals surface area contributed by atoms with Crippen LogP contribution in [0.25, 0.3) is 6.08 Å². The second-order valence-corrected chi connectivity index (χ2v) is 7.16. The van der Waals surface area contributed by atoms with Gasteiger partial charge in [-0.3, -0.25) is 19.7 Å². The molecule has 2 rings (SSSR count). The van der Waals surface area contributed by atoms with Gasteiger partial charge in [0.1, 0.15) is 11.6 Å². The fourth-order valence-corrected chi connectivity index (χ4v) is 3.16. The van der Waals surface area contributed by atoms with Gasteiger partial charge in [0.15, 0.2) is 11.5 Å². The van der Waals surface area contributed by atoms with Crippen molar-refractivity contribution in [3.8, 4) is 17.6 Å². The summed E-state index contributed by atoms with van der Waals surface area (Å²) in [6.07, 6.45) is 1.31. The number of nitriles is 1. The van der Waals surface area contributed by atoms with Crippen molar-refractivity contribution in [1.29, 1.82) is 5.26 Å². The topological polar surface area (TPSA) is 132 Å². The van der Waals surface area contributed by atoms with E-state index in [4.69, 9.17) is 21.1 Å². The summed E-state index contributed by atoms with van der Waals surface area (Å²) in [5.41, 5.74) is 0.0387. The molecule has 11 heteroatoms. The number of amides is 1. The highest BCUT2D eigenvalue weighted by atomic mass is 79.9. The molecule has 2 aromatic rings. The van der Waals surface area contributed by atoms with Gasteiger partial charge < -0.3 is 14.8 Å². The Bertz CT molecular complexity index is 1130. The molecular weight excluding hydrogens is 494 g/mol. The Morgan fingerprint density at radius 3 is 2.61 bits per heavy atom. The van der Waals surface area contributed by atoms with E-state index < -0.39 is 16.8 Å². The molecule has 160 valence electrons. The molecule has 1 amide bonds. The molecule has 0 fully saturated rings. The van der Waals surface area contributed by atoms with E-state index in [1.165, 1.54) is 31.2 Å². The van der Waals surface area contributed by atoms with Gasteiger partial charge in [0.05, 0.1) is 26.7 Å². The first-order chi connectivity index (χ1) is 14.7. The summed E-state index contributed by atoms with van der Waals surface area (Å²) < 4.78 is 11.0. The predicted octanol–water partition coefficient (Wildman–Crippen LogP) is 4.88. The highest BCUT2D eigenvalue weighted by molar-refractivity contribution is 9.10. The molecule has 0 atom stereocenters. The van der Waals surface area contributed by atoms with Gasteiger partial charge in [0.25, 0.3) is 11.6 Å². The van der Waals surface area contributed by atoms with Crippen LogP contribution < -0.4 is 14.8 Å². The number of hydrogen-bond acceptors (Lipinski definition) is 7. The second kappa shape index (κ2) is 10.6. The molecule has 0 spiro atoms. The van der Waals surface area contributed by atoms with Crippen LogP contribution in [0.15, 0.2) is 40.4 Å². The highest BCUT2D eigenvalue weighted by Crippen LogP contribution is 2.37. The number of non-ortho nitro benzene ring substituents is 1. The first-order valence-electron chi connectivity index (χ1n) is 8.68. The number of anilines is 1. The average Bonchev–Trinajstić information content (AvgIpc) is 2.70. The Balaban J connectivity index is 2.36. The molecule has 0 aliphatic carbocycles. The Morgan fingerprint density at radius 2 is 2.06 bits per heavy atom. The third-order valence-electron chi connectivity index (χ3n) is 3.67. The summed E-state index contributed by atoms with van der Waals surface area (Å²) >= 11 is 9.26. The summed E-state index contributed by atoms with van der Waals surface area (Å²) in [5.74, 6) is -0.889. The Labute approximate surface area is 190 Å². The van der Waals surface area contributed by atoms with E-state index in [1.54, 1.807) is 19.1 Å². The van der Waals surface area contributed by atoms with Crippen LogP contribution in [0.4, 0.5) is 11.4 Å². The lowest BCUT2D eigenvalue weighted by Crippen LogP contribution is -2.14. The standard InChI is InChI=1S/C20H15BrClN3O6/c1-3-30-18-8-12(7-15(21)19(18)31-11(2)26)6-13(10-23)20(27)24-17-5-4-14(25(28)29)9-16(17)22/h4-9H,3H2,1-2H3,(H,24,27). The second-order valence-electron chi connectivity index (χ2n) is 5.90. The lowest BCUT2D eigenvalue weighted by Gasteiger charge is -2.13. The van der Waals surface area contributed by atoms with Crippen LogP contribution in [0.5, 0.6) is 11.5 Å². The van der Waals surface area contributed by atoms with Crippen LogP contribution in [0.1, 0.15) is 19.4 Å². The number of nitrogens with one attached hydrogen (secondary N) is 1. The minimum atomic E-state index is -0.767. The third-order valence-corrected chi connectivity index (χ3v) is 4.57. The molecule has 0 heterocycles. The number of nitro groups is 1. The quantitative estimate of drug-likeness (QED) is 0.141. The maximum Gasteiger partial charge on any atom is 0.308 e. The van der Waals surface area contributed by atoms with Crippen LogP contribution in [0.3, 0.4) is 0 Å². The number of halogens is 2. The molecule has 0 saturated carbocycles. The normalized spacial score (nSPS) is 10.7. The van der Waals surface area contributed by atoms with Crippen molar-refractivity contribution in [3.05, 3.63) is 61.1 Å². The van der Waals surface area contributed by atoms with Crippen LogP contribution >= 0.6 is 27.5 Å². The van der Waals surface area contributed by atoms with E-state index >= 15 is 0 Å². The number of nitro benzene ring substituents is 1. The molecular formula is C20H15BrClN3O6. The van der Waals surface area contributed by atoms with Crippen molar-refractivity contribution in [2.75, 3.05) is 11.9 Å². The van der Waals surface area contributed by atoms with Crippen molar-refractivity contribution < 1.29 is 24.0 Å². The lowest BCUT2D eigenvalue weighted by atomic mass is 10.1. The van der Waals surface area contributed by atoms with E-state index in [0.717, 1.165) is 6.07 Å². The van der Waals surface area contributed by atoms with Crippen molar-refractivity contribution in [3.63, 3.8) is 0 Å². The van der Waals surface area contributed by atoms with Crippen molar-refractivity contribution in [2.24, 2.45) is 0 Å². The van der Waals surface area contributed by atoms with Gasteiger partial charge in [-0.05, 0) is 52.7 Å². The molecule has 1 N–H and O–H groups in total. The van der Waals surface area contributed by atoms with Crippen molar-refractivity contribution in [2.45, 2.75) is 13.8 Å². The molecule has 0 aliphatic heterocycles. The average molecular weight is 509 g/mol. The summed E-state index contributed by atoms with van der Waals surface area (Å²) in [4.78, 5) is 34.0. The Morgan fingerprint density at radius 1 is 1.35 bits per heavy atom. The summed E-state index contributed by atoms with van der Waals surface area (Å²) in [7, 11) is 0. The molecule has 0 bridgehead atoms. The lowest BCUT2D eigenvalue weighted by molar-refractivity contribution is -0.384. The van der Waals surface area contributed by atoms with Crippen LogP contribution in [-0.2, 0) is 9.59 Å². The van der Waals surface area contributed by atoms with Gasteiger partial charge in [-0.15, -0.1) is 0 Å². The molecule has 0 saturated heterocycles. The summed E-state index contributed by atoms with van der Waals surface area (Å²) in [5, 5.41) is 22.6. The number of ether oxygens (including phenoxy) is 2. The minimum Gasteiger partial charge on any atom is -0.490 e. The molecule has 0 unspecified atom stereocenters. The van der Waals surface area contributed by atoms with Gasteiger partial charge in [0.2, 0.25) is 0 Å². The third kappa shape index (κ3) is 6.28. The Kier molecular flexibility index (Phi) is 8.13. The summed E-state index contributed by atoms with van der Waals surface area (Å²) in [6, 6.07) is 8.38. The number of benzene rings is 2. The van der Waals surface area contributed by atoms with E-state index in [2.05, 4.69) is 21.2 Å². The monoisotopic (exact) mass is 507 g/mol. The fourth-order valence-electron chi connectivity index (χ4n) is 2.40. The minimum absolute atomic E-state index is 0.0491. The first-order valence-corrected chi connectivity index (χ1v) is 9.85. The molecule has 0 aromatic heterocycles. The number of carbonyl (C=O) groups excluding carboxylic acids is 2. The number of carbonyl (C=O) groups is 2. The zero-order valence-corrected chi connectivity index (χ0v) is 18.6. The number of hydrogen-bond donors (Lipinski definition) is 1. The van der Waals surface area contributed by atoms with Gasteiger partial charge in [0, 0.05) is 19.1 Å². The Hall–Kier alpha value is -3.42. The molecule has 0 aliphatic rings. The number of esters is 1. The molecule has 0 radical (unpaired) electrons. The zero-order valence-electron chi connectivity index (χ0n) is 16.3. The largest absolute Gasteiger partial charge is 0.490 e. The van der Waals surface area contributed by atoms with Gasteiger partial charge >= 0.3 is 5.97 Å². The van der Waals surface area contributed by atoms with Crippen LogP contribution in [0.2, 0.25) is 5.02 Å². The highest BCUT2D eigenvalue weighted by Gasteiger charge is 2.17. The maximum atomic E-state index is 12.5. The van der Waals surface area contributed by atoms with E-state index in [1.807, 2.05) is 0 Å². The predicted molar refractivity (Wildman–Crippen MR) is 117 cm³/mol. The van der Waals surface area contributed by atoms with Crippen LogP contribution in [-0.4, -0.2) is 23.4 Å². The van der Waals surface area contributed by atoms with Gasteiger partial charge in [-0.1, -0.05) is 11.6 Å². The maximum absolute atomic E-state index is 12.5. The molecule has 9 nitrogen and oxygen atoms in total. The number of rotatable bonds is 7. The number of nitrogens with zero attached hydrogens (tertiary/aromatic N) is 2. The van der Waals surface area contributed by atoms with E-state index in [-0.39, 0.29) is 40.1 Å². The van der Waals surface area contributed by atoms with Crippen molar-refractivity contribution in [1.82, 2.24) is 0 Å². The van der Waals surface area contributed by atoms with E-state index in [9.17, 15) is 25.0 Å². The fraction of sp³-hybridized carbons (Fsp3) is 0.150. The van der Waals surface area contributed by atoms with E-state index in [0.29, 0.717) is 10.0 Å². The molecule has 2 aromatic carbocycles. The van der Waals surface area contributed by atoms with Crippen molar-refractivity contribution >= 4 is 56.9 Å². The smallest absolute Gasteiger partial charge is 0.308 e. The first kappa shape index (κ1) is 23.9. The summed E-state index contributed by atoms with van der Waals surface area (Å²) in [6.45, 7) is 3.28.